The molecule has 0 fully saturated rings. The first kappa shape index (κ1) is 28.2. The number of hydrogen-bond donors (Lipinski definition) is 2. The van der Waals surface area contributed by atoms with E-state index in [1.165, 1.54) is 56.4 Å². The number of carbonyl (C=O) groups excluding carboxylic acids is 1. The van der Waals surface area contributed by atoms with Crippen molar-refractivity contribution in [1.29, 1.82) is 5.26 Å². The third kappa shape index (κ3) is 5.59. The number of sulfonamides is 1. The van der Waals surface area contributed by atoms with Crippen molar-refractivity contribution in [1.82, 2.24) is 9.62 Å². The SMILES string of the molecule is CNS(=O)(=O)c1cccc(C(N)c2c(C)c3cc(C#N)c(OC(=O)N(C)C)cc3oc2=O)c1.[H-].[K+]. The van der Waals surface area contributed by atoms with E-state index in [-0.39, 0.29) is 80.2 Å². The zero-order valence-corrected chi connectivity index (χ0v) is 23.3. The average molecular weight is 511 g/mol. The first-order valence-corrected chi connectivity index (χ1v) is 11.2. The number of nitriles is 1. The molecule has 1 unspecified atom stereocenters. The number of ether oxygens (including phenoxy) is 1. The van der Waals surface area contributed by atoms with E-state index in [1.54, 1.807) is 13.0 Å². The Kier molecular flexibility index (Phi) is 9.20. The molecule has 1 aromatic heterocycles. The van der Waals surface area contributed by atoms with E-state index >= 15 is 0 Å². The molecule has 1 heterocycles. The maximum Gasteiger partial charge on any atom is 1.00 e. The molecular formula is C22H23KN4O6S. The molecule has 10 nitrogen and oxygen atoms in total. The van der Waals surface area contributed by atoms with Crippen molar-refractivity contribution >= 4 is 27.1 Å². The molecule has 0 radical (unpaired) electrons. The third-order valence-corrected chi connectivity index (χ3v) is 6.51. The summed E-state index contributed by atoms with van der Waals surface area (Å²) < 4.78 is 37.2. The fourth-order valence-corrected chi connectivity index (χ4v) is 4.05. The predicted octanol–water partition coefficient (Wildman–Crippen LogP) is -0.894. The van der Waals surface area contributed by atoms with Gasteiger partial charge in [-0.25, -0.2) is 22.7 Å². The number of amides is 1. The van der Waals surface area contributed by atoms with E-state index in [2.05, 4.69) is 4.72 Å². The Hall–Kier alpha value is -2.08. The smallest absolute Gasteiger partial charge is 1.00 e. The van der Waals surface area contributed by atoms with E-state index in [1.807, 2.05) is 6.07 Å². The molecule has 34 heavy (non-hydrogen) atoms. The van der Waals surface area contributed by atoms with Crippen molar-refractivity contribution in [2.24, 2.45) is 5.73 Å². The molecule has 0 saturated carbocycles. The third-order valence-electron chi connectivity index (χ3n) is 5.10. The van der Waals surface area contributed by atoms with Gasteiger partial charge in [0.1, 0.15) is 11.7 Å². The van der Waals surface area contributed by atoms with Gasteiger partial charge < -0.3 is 21.2 Å². The summed E-state index contributed by atoms with van der Waals surface area (Å²) >= 11 is 0. The Morgan fingerprint density at radius 2 is 1.97 bits per heavy atom. The standard InChI is InChI=1S/C22H22N4O6S.K.H/c1-12-16-9-14(11-23)17(32-22(28)26(3)4)10-18(16)31-21(27)19(12)20(24)13-6-5-7-15(8-13)33(29,30)25-2;;/h5-10,20,25H,24H2,1-4H3;;/q;+1;-1. The number of carbonyl (C=O) groups is 1. The fourth-order valence-electron chi connectivity index (χ4n) is 3.27. The van der Waals surface area contributed by atoms with E-state index < -0.39 is 27.8 Å². The van der Waals surface area contributed by atoms with Crippen LogP contribution in [-0.4, -0.2) is 40.6 Å². The minimum Gasteiger partial charge on any atom is -1.00 e. The summed E-state index contributed by atoms with van der Waals surface area (Å²) in [5, 5.41) is 9.96. The quantitative estimate of drug-likeness (QED) is 0.331. The minimum absolute atomic E-state index is 0. The summed E-state index contributed by atoms with van der Waals surface area (Å²) in [6, 6.07) is 9.64. The van der Waals surface area contributed by atoms with Gasteiger partial charge in [-0.3, -0.25) is 0 Å². The molecule has 3 aromatic rings. The second kappa shape index (κ2) is 11.1. The second-order valence-corrected chi connectivity index (χ2v) is 9.29. The van der Waals surface area contributed by atoms with Gasteiger partial charge in [0.15, 0.2) is 5.75 Å². The molecule has 12 heteroatoms. The van der Waals surface area contributed by atoms with Crippen LogP contribution in [0.15, 0.2) is 50.5 Å². The van der Waals surface area contributed by atoms with Crippen LogP contribution < -0.4 is 72.2 Å². The number of fused-ring (bicyclic) bond motifs is 1. The molecule has 0 saturated heterocycles. The van der Waals surface area contributed by atoms with E-state index in [0.29, 0.717) is 16.5 Å². The maximum atomic E-state index is 12.8. The van der Waals surface area contributed by atoms with Crippen molar-refractivity contribution in [3.05, 3.63) is 69.1 Å². The van der Waals surface area contributed by atoms with Gasteiger partial charge in [0.05, 0.1) is 22.1 Å². The molecule has 1 amide bonds. The summed E-state index contributed by atoms with van der Waals surface area (Å²) in [4.78, 5) is 25.9. The van der Waals surface area contributed by atoms with E-state index in [0.717, 1.165) is 0 Å². The summed E-state index contributed by atoms with van der Waals surface area (Å²) in [5.41, 5.74) is 6.75. The van der Waals surface area contributed by atoms with Crippen molar-refractivity contribution in [3.63, 3.8) is 0 Å². The number of nitrogens with two attached hydrogens (primary N) is 1. The van der Waals surface area contributed by atoms with Gasteiger partial charge in [-0.2, -0.15) is 5.26 Å². The van der Waals surface area contributed by atoms with Gasteiger partial charge in [-0.05, 0) is 43.3 Å². The van der Waals surface area contributed by atoms with Crippen LogP contribution in [-0.2, 0) is 10.0 Å². The Bertz CT molecular complexity index is 1470. The van der Waals surface area contributed by atoms with E-state index in [9.17, 15) is 23.3 Å². The number of nitrogens with zero attached hydrogens (tertiary/aromatic N) is 2. The first-order valence-electron chi connectivity index (χ1n) is 9.69. The molecular weight excluding hydrogens is 487 g/mol. The maximum absolute atomic E-state index is 12.8. The Labute approximate surface area is 240 Å². The Balaban J connectivity index is 0.00000306. The van der Waals surface area contributed by atoms with E-state index in [4.69, 9.17) is 14.9 Å². The Morgan fingerprint density at radius 1 is 1.29 bits per heavy atom. The number of benzene rings is 2. The molecule has 3 N–H and O–H groups in total. The van der Waals surface area contributed by atoms with Crippen LogP contribution in [0.1, 0.15) is 29.7 Å². The minimum atomic E-state index is -3.71. The molecule has 0 aliphatic rings. The number of rotatable bonds is 5. The molecule has 0 spiro atoms. The predicted molar refractivity (Wildman–Crippen MR) is 121 cm³/mol. The molecule has 3 rings (SSSR count). The molecule has 0 bridgehead atoms. The van der Waals surface area contributed by atoms with Gasteiger partial charge in [0, 0.05) is 25.5 Å². The molecule has 0 aliphatic carbocycles. The van der Waals surface area contributed by atoms with Crippen LogP contribution in [0.2, 0.25) is 0 Å². The average Bonchev–Trinajstić information content (AvgIpc) is 2.78. The summed E-state index contributed by atoms with van der Waals surface area (Å²) in [6.45, 7) is 1.65. The van der Waals surface area contributed by atoms with Gasteiger partial charge in [-0.1, -0.05) is 12.1 Å². The number of hydrogen-bond acceptors (Lipinski definition) is 8. The van der Waals surface area contributed by atoms with Crippen LogP contribution >= 0.6 is 0 Å². The van der Waals surface area contributed by atoms with Crippen molar-refractivity contribution < 1.29 is 75.2 Å². The number of nitrogens with one attached hydrogen (secondary N) is 1. The van der Waals surface area contributed by atoms with Crippen LogP contribution in [0, 0.1) is 18.3 Å². The summed E-state index contributed by atoms with van der Waals surface area (Å²) in [5.74, 6) is -0.0479. The zero-order valence-electron chi connectivity index (χ0n) is 20.4. The zero-order chi connectivity index (χ0) is 24.5. The van der Waals surface area contributed by atoms with Gasteiger partial charge >= 0.3 is 63.1 Å². The topological polar surface area (TPSA) is 156 Å². The fraction of sp³-hybridized carbons (Fsp3) is 0.227. The second-order valence-electron chi connectivity index (χ2n) is 7.40. The van der Waals surface area contributed by atoms with Crippen LogP contribution in [0.5, 0.6) is 5.75 Å². The normalized spacial score (nSPS) is 11.9. The summed E-state index contributed by atoms with van der Waals surface area (Å²) in [6.07, 6.45) is -0.694. The molecule has 2 aromatic carbocycles. The van der Waals surface area contributed by atoms with Crippen molar-refractivity contribution in [3.8, 4) is 11.8 Å². The Morgan fingerprint density at radius 3 is 2.56 bits per heavy atom. The molecule has 174 valence electrons. The largest absolute Gasteiger partial charge is 1.00 e. The van der Waals surface area contributed by atoms with Crippen molar-refractivity contribution in [2.45, 2.75) is 17.9 Å². The number of aryl methyl sites for hydroxylation is 1. The van der Waals surface area contributed by atoms with Crippen LogP contribution in [0.4, 0.5) is 4.79 Å². The molecule has 1 atom stereocenters. The van der Waals surface area contributed by atoms with Crippen LogP contribution in [0.25, 0.3) is 11.0 Å². The summed E-state index contributed by atoms with van der Waals surface area (Å²) in [7, 11) is 0.564. The molecule has 0 aliphatic heterocycles. The van der Waals surface area contributed by atoms with Crippen molar-refractivity contribution in [2.75, 3.05) is 21.1 Å². The first-order chi connectivity index (χ1) is 15.5. The van der Waals surface area contributed by atoms with Gasteiger partial charge in [0.25, 0.3) is 0 Å². The van der Waals surface area contributed by atoms with Gasteiger partial charge in [-0.15, -0.1) is 0 Å². The van der Waals surface area contributed by atoms with Crippen LogP contribution in [0.3, 0.4) is 0 Å². The monoisotopic (exact) mass is 510 g/mol. The van der Waals surface area contributed by atoms with Gasteiger partial charge in [0.2, 0.25) is 10.0 Å².